The van der Waals surface area contributed by atoms with Gasteiger partial charge in [-0.05, 0) is 11.1 Å². The molecule has 0 saturated carbocycles. The SMILES string of the molecule is COC(=O)C1N=C1c1ccccc1.COC(=O)C1N=C1c1ccccc1.[Cl][Pd][Cl]. The van der Waals surface area contributed by atoms with Crippen molar-refractivity contribution in [3.63, 3.8) is 0 Å². The molecule has 9 heteroatoms. The Morgan fingerprint density at radius 2 is 1.07 bits per heavy atom. The Labute approximate surface area is 185 Å². The minimum absolute atomic E-state index is 0.106. The summed E-state index contributed by atoms with van der Waals surface area (Å²) in [6.07, 6.45) is 0. The second-order valence-electron chi connectivity index (χ2n) is 5.66. The van der Waals surface area contributed by atoms with Crippen LogP contribution in [-0.4, -0.2) is 49.7 Å². The third kappa shape index (κ3) is 7.06. The normalized spacial score (nSPS) is 17.9. The van der Waals surface area contributed by atoms with Crippen molar-refractivity contribution in [2.75, 3.05) is 14.2 Å². The van der Waals surface area contributed by atoms with Crippen LogP contribution in [0.1, 0.15) is 11.1 Å². The Bertz CT molecular complexity index is 818. The summed E-state index contributed by atoms with van der Waals surface area (Å²) in [6, 6.07) is 18.6. The number of nitrogens with zero attached hydrogens (tertiary/aromatic N) is 2. The summed E-state index contributed by atoms with van der Waals surface area (Å²) >= 11 is -0.106. The van der Waals surface area contributed by atoms with Crippen molar-refractivity contribution in [3.05, 3.63) is 71.8 Å². The van der Waals surface area contributed by atoms with Crippen molar-refractivity contribution < 1.29 is 35.0 Å². The van der Waals surface area contributed by atoms with Crippen molar-refractivity contribution in [2.45, 2.75) is 12.1 Å². The van der Waals surface area contributed by atoms with E-state index < -0.39 is 0 Å². The summed E-state index contributed by atoms with van der Waals surface area (Å²) in [5.41, 5.74) is 3.65. The first-order valence-electron chi connectivity index (χ1n) is 8.31. The van der Waals surface area contributed by atoms with Gasteiger partial charge in [0.1, 0.15) is 0 Å². The second-order valence-corrected chi connectivity index (χ2v) is 8.02. The van der Waals surface area contributed by atoms with Crippen LogP contribution in [0.2, 0.25) is 0 Å². The zero-order chi connectivity index (χ0) is 21.2. The average molecular weight is 528 g/mol. The molecule has 29 heavy (non-hydrogen) atoms. The van der Waals surface area contributed by atoms with Gasteiger partial charge < -0.3 is 9.47 Å². The van der Waals surface area contributed by atoms with E-state index in [0.29, 0.717) is 0 Å². The van der Waals surface area contributed by atoms with Crippen LogP contribution in [0, 0.1) is 0 Å². The predicted molar refractivity (Wildman–Crippen MR) is 109 cm³/mol. The molecule has 2 unspecified atom stereocenters. The molecule has 2 aliphatic rings. The van der Waals surface area contributed by atoms with E-state index in [1.165, 1.54) is 14.2 Å². The molecule has 0 aromatic heterocycles. The molecule has 0 radical (unpaired) electrons. The van der Waals surface area contributed by atoms with Gasteiger partial charge in [-0.1, -0.05) is 60.7 Å². The Morgan fingerprint density at radius 3 is 1.34 bits per heavy atom. The summed E-state index contributed by atoms with van der Waals surface area (Å²) in [5, 5.41) is 0. The van der Waals surface area contributed by atoms with E-state index in [4.69, 9.17) is 19.1 Å². The molecule has 0 spiro atoms. The number of methoxy groups -OCH3 is 2. The third-order valence-electron chi connectivity index (χ3n) is 3.91. The van der Waals surface area contributed by atoms with Crippen LogP contribution in [0.25, 0.3) is 0 Å². The second kappa shape index (κ2) is 11.8. The number of hydrogen-bond acceptors (Lipinski definition) is 6. The standard InChI is InChI=1S/2C10H9NO2.2ClH.Pd/c2*1-13-10(12)9-8(11-9)7-5-3-2-4-6-7;;;/h2*2-6,9H,1H3;2*1H;/q;;;;+2/p-2. The molecule has 0 bridgehead atoms. The van der Waals surface area contributed by atoms with Crippen molar-refractivity contribution in [3.8, 4) is 0 Å². The van der Waals surface area contributed by atoms with Gasteiger partial charge in [-0.15, -0.1) is 0 Å². The zero-order valence-corrected chi connectivity index (χ0v) is 18.6. The molecule has 0 saturated heterocycles. The van der Waals surface area contributed by atoms with Gasteiger partial charge in [-0.3, -0.25) is 9.98 Å². The van der Waals surface area contributed by atoms with Crippen molar-refractivity contribution in [1.82, 2.24) is 0 Å². The van der Waals surface area contributed by atoms with E-state index in [0.717, 1.165) is 22.6 Å². The number of carbonyl (C=O) groups is 2. The van der Waals surface area contributed by atoms with Crippen LogP contribution >= 0.6 is 19.1 Å². The van der Waals surface area contributed by atoms with E-state index in [-0.39, 0.29) is 40.0 Å². The summed E-state index contributed by atoms with van der Waals surface area (Å²) in [5.74, 6) is -0.558. The Hall–Kier alpha value is -2.04. The van der Waals surface area contributed by atoms with Gasteiger partial charge in [-0.2, -0.15) is 0 Å². The molecule has 0 aliphatic carbocycles. The number of esters is 2. The molecule has 2 atom stereocenters. The number of benzene rings is 2. The number of carbonyl (C=O) groups excluding carboxylic acids is 2. The topological polar surface area (TPSA) is 77.3 Å². The molecule has 2 aliphatic heterocycles. The number of aliphatic imine (C=N–C) groups is 2. The molecule has 0 fully saturated rings. The number of rotatable bonds is 4. The van der Waals surface area contributed by atoms with E-state index in [1.807, 2.05) is 60.7 Å². The van der Waals surface area contributed by atoms with Gasteiger partial charge in [0.15, 0.2) is 12.1 Å². The fourth-order valence-electron chi connectivity index (χ4n) is 2.44. The monoisotopic (exact) mass is 526 g/mol. The van der Waals surface area contributed by atoms with Crippen molar-refractivity contribution in [2.24, 2.45) is 9.98 Å². The molecule has 0 amide bonds. The van der Waals surface area contributed by atoms with Crippen LogP contribution in [0.4, 0.5) is 0 Å². The van der Waals surface area contributed by atoms with E-state index in [2.05, 4.69) is 19.5 Å². The quantitative estimate of drug-likeness (QED) is 0.451. The van der Waals surface area contributed by atoms with Gasteiger partial charge in [0.05, 0.1) is 25.6 Å². The van der Waals surface area contributed by atoms with Crippen LogP contribution in [0.3, 0.4) is 0 Å². The zero-order valence-electron chi connectivity index (χ0n) is 15.5. The summed E-state index contributed by atoms with van der Waals surface area (Å²) in [7, 11) is 12.4. The molecular formula is C20H18Cl2N2O4Pd. The summed E-state index contributed by atoms with van der Waals surface area (Å²) < 4.78 is 9.14. The Kier molecular flexibility index (Phi) is 9.49. The number of hydrogen-bond donors (Lipinski definition) is 0. The molecule has 2 aromatic carbocycles. The van der Waals surface area contributed by atoms with Crippen molar-refractivity contribution >= 4 is 42.4 Å². The number of halogens is 2. The minimum atomic E-state index is -0.354. The summed E-state index contributed by atoms with van der Waals surface area (Å²) in [4.78, 5) is 30.1. The maximum atomic E-state index is 11.0. The summed E-state index contributed by atoms with van der Waals surface area (Å²) in [6.45, 7) is 0. The van der Waals surface area contributed by atoms with Gasteiger partial charge in [-0.25, -0.2) is 9.59 Å². The van der Waals surface area contributed by atoms with Gasteiger partial charge >= 0.3 is 46.9 Å². The molecule has 2 heterocycles. The van der Waals surface area contributed by atoms with E-state index in [1.54, 1.807) is 0 Å². The first-order chi connectivity index (χ1) is 14.1. The van der Waals surface area contributed by atoms with Gasteiger partial charge in [0, 0.05) is 0 Å². The molecule has 2 aromatic rings. The average Bonchev–Trinajstić information content (AvgIpc) is 3.68. The van der Waals surface area contributed by atoms with Crippen LogP contribution < -0.4 is 0 Å². The maximum absolute atomic E-state index is 11.0. The van der Waals surface area contributed by atoms with E-state index in [9.17, 15) is 9.59 Å². The number of ether oxygens (including phenoxy) is 2. The molecular weight excluding hydrogens is 510 g/mol. The van der Waals surface area contributed by atoms with Gasteiger partial charge in [0.25, 0.3) is 0 Å². The van der Waals surface area contributed by atoms with Crippen LogP contribution in [-0.2, 0) is 35.0 Å². The first kappa shape index (κ1) is 23.2. The molecule has 0 N–H and O–H groups in total. The van der Waals surface area contributed by atoms with Gasteiger partial charge in [0.2, 0.25) is 0 Å². The molecule has 6 nitrogen and oxygen atoms in total. The third-order valence-corrected chi connectivity index (χ3v) is 3.91. The Morgan fingerprint density at radius 1 is 0.759 bits per heavy atom. The van der Waals surface area contributed by atoms with Crippen molar-refractivity contribution in [1.29, 1.82) is 0 Å². The van der Waals surface area contributed by atoms with Crippen LogP contribution in [0.15, 0.2) is 70.6 Å². The fourth-order valence-corrected chi connectivity index (χ4v) is 2.44. The Balaban J connectivity index is 0.000000183. The van der Waals surface area contributed by atoms with Crippen LogP contribution in [0.5, 0.6) is 0 Å². The molecule has 4 rings (SSSR count). The molecule has 156 valence electrons. The fraction of sp³-hybridized carbons (Fsp3) is 0.200. The van der Waals surface area contributed by atoms with E-state index >= 15 is 0 Å². The predicted octanol–water partition coefficient (Wildman–Crippen LogP) is 3.44. The first-order valence-corrected chi connectivity index (χ1v) is 12.3.